The normalized spacial score (nSPS) is 12.1. The Morgan fingerprint density at radius 1 is 1.03 bits per heavy atom. The van der Waals surface area contributed by atoms with E-state index in [1.165, 1.54) is 28.7 Å². The number of aryl methyl sites for hydroxylation is 1. The van der Waals surface area contributed by atoms with Gasteiger partial charge in [0.05, 0.1) is 12.2 Å². The van der Waals surface area contributed by atoms with E-state index >= 15 is 0 Å². The van der Waals surface area contributed by atoms with Crippen LogP contribution in [-0.2, 0) is 22.7 Å². The third-order valence-electron chi connectivity index (χ3n) is 5.34. The van der Waals surface area contributed by atoms with E-state index in [1.54, 1.807) is 18.0 Å². The summed E-state index contributed by atoms with van der Waals surface area (Å²) >= 11 is 1.56. The number of nitrogens with zero attached hydrogens (tertiary/aromatic N) is 2. The van der Waals surface area contributed by atoms with Crippen LogP contribution in [0.15, 0.2) is 71.8 Å². The van der Waals surface area contributed by atoms with Crippen molar-refractivity contribution in [2.45, 2.75) is 37.9 Å². The van der Waals surface area contributed by atoms with Gasteiger partial charge in [0.2, 0.25) is 11.8 Å². The molecule has 0 radical (unpaired) electrons. The first kappa shape index (κ1) is 21.9. The predicted molar refractivity (Wildman–Crippen MR) is 130 cm³/mol. The maximum atomic E-state index is 12.7. The lowest BCUT2D eigenvalue weighted by atomic mass is 10.1. The van der Waals surface area contributed by atoms with Gasteiger partial charge in [0.25, 0.3) is 0 Å². The lowest BCUT2D eigenvalue weighted by molar-refractivity contribution is -0.127. The van der Waals surface area contributed by atoms with Crippen molar-refractivity contribution >= 4 is 45.4 Å². The summed E-state index contributed by atoms with van der Waals surface area (Å²) in [5, 5.41) is 8.06. The van der Waals surface area contributed by atoms with Crippen molar-refractivity contribution < 1.29 is 9.59 Å². The van der Waals surface area contributed by atoms with E-state index in [0.717, 1.165) is 17.1 Å². The van der Waals surface area contributed by atoms with Crippen LogP contribution >= 0.6 is 11.8 Å². The lowest BCUT2D eigenvalue weighted by Gasteiger charge is -2.17. The van der Waals surface area contributed by atoms with Gasteiger partial charge in [-0.2, -0.15) is 0 Å². The molecule has 0 saturated carbocycles. The highest BCUT2D eigenvalue weighted by Crippen LogP contribution is 2.32. The highest BCUT2D eigenvalue weighted by molar-refractivity contribution is 7.99. The van der Waals surface area contributed by atoms with E-state index in [9.17, 15) is 9.59 Å². The number of nitrogens with one attached hydrogen (secondary N) is 2. The topological polar surface area (TPSA) is 76.0 Å². The van der Waals surface area contributed by atoms with Gasteiger partial charge in [-0.1, -0.05) is 24.3 Å². The summed E-state index contributed by atoms with van der Waals surface area (Å²) in [6.07, 6.45) is 1.69. The van der Waals surface area contributed by atoms with Gasteiger partial charge in [0.1, 0.15) is 6.04 Å². The number of fused-ring (bicyclic) bond motifs is 3. The fourth-order valence-corrected chi connectivity index (χ4v) is 4.83. The molecule has 0 fully saturated rings. The molecular weight excluding hydrogens is 420 g/mol. The maximum Gasteiger partial charge on any atom is 0.243 e. The second kappa shape index (κ2) is 9.87. The van der Waals surface area contributed by atoms with Gasteiger partial charge in [-0.25, -0.2) is 0 Å². The number of pyridine rings is 1. The number of rotatable bonds is 8. The van der Waals surface area contributed by atoms with Crippen molar-refractivity contribution in [2.24, 2.45) is 0 Å². The molecule has 2 aromatic carbocycles. The van der Waals surface area contributed by atoms with Crippen LogP contribution in [0.5, 0.6) is 0 Å². The highest BCUT2D eigenvalue weighted by Gasteiger charge is 2.20. The minimum atomic E-state index is -0.631. The first-order valence-electron chi connectivity index (χ1n) is 10.7. The van der Waals surface area contributed by atoms with Crippen molar-refractivity contribution in [3.8, 4) is 0 Å². The van der Waals surface area contributed by atoms with E-state index in [-0.39, 0.29) is 11.8 Å². The zero-order valence-corrected chi connectivity index (χ0v) is 19.0. The van der Waals surface area contributed by atoms with Crippen molar-refractivity contribution in [3.05, 3.63) is 72.6 Å². The number of carbonyl (C=O) groups excluding carboxylic acids is 2. The number of thioether (sulfide) groups is 1. The van der Waals surface area contributed by atoms with Crippen molar-refractivity contribution in [2.75, 3.05) is 5.75 Å². The van der Waals surface area contributed by atoms with Crippen LogP contribution in [-0.4, -0.2) is 33.2 Å². The predicted octanol–water partition coefficient (Wildman–Crippen LogP) is 4.12. The van der Waals surface area contributed by atoms with Crippen LogP contribution in [0.1, 0.15) is 19.5 Å². The molecule has 164 valence electrons. The molecule has 1 atom stereocenters. The molecule has 2 aromatic heterocycles. The van der Waals surface area contributed by atoms with Crippen LogP contribution < -0.4 is 10.6 Å². The van der Waals surface area contributed by atoms with E-state index in [1.807, 2.05) is 18.2 Å². The number of hydrogen-bond acceptors (Lipinski definition) is 4. The number of amides is 2. The lowest BCUT2D eigenvalue weighted by Crippen LogP contribution is -2.47. The summed E-state index contributed by atoms with van der Waals surface area (Å²) in [6, 6.07) is 19.7. The molecule has 32 heavy (non-hydrogen) atoms. The third-order valence-corrected chi connectivity index (χ3v) is 6.43. The largest absolute Gasteiger partial charge is 0.349 e. The summed E-state index contributed by atoms with van der Waals surface area (Å²) in [5.41, 5.74) is 3.19. The molecule has 0 spiro atoms. The number of para-hydroxylation sites is 1. The summed E-state index contributed by atoms with van der Waals surface area (Å²) in [6.45, 7) is 4.80. The Bertz CT molecular complexity index is 1250. The molecule has 2 N–H and O–H groups in total. The Hall–Kier alpha value is -3.32. The number of benzene rings is 2. The Morgan fingerprint density at radius 3 is 2.56 bits per heavy atom. The van der Waals surface area contributed by atoms with Crippen LogP contribution in [0.2, 0.25) is 0 Å². The van der Waals surface area contributed by atoms with Gasteiger partial charge < -0.3 is 15.2 Å². The number of carbonyl (C=O) groups is 2. The third kappa shape index (κ3) is 4.78. The van der Waals surface area contributed by atoms with Gasteiger partial charge in [-0.3, -0.25) is 14.6 Å². The summed E-state index contributed by atoms with van der Waals surface area (Å²) in [5.74, 6) is -0.0157. The Labute approximate surface area is 191 Å². The standard InChI is InChI=1S/C25H26N4O2S/c1-3-29-23-10-5-4-9-20(23)21-14-19(11-12-24(21)29)32-16-22(28-17(2)30)25(31)27-15-18-8-6-7-13-26-18/h4-14,22H,3,15-16H2,1-2H3,(H,27,31)(H,28,30). The number of aromatic nitrogens is 2. The van der Waals surface area contributed by atoms with Crippen molar-refractivity contribution in [1.29, 1.82) is 0 Å². The molecule has 4 rings (SSSR count). The zero-order chi connectivity index (χ0) is 22.5. The first-order chi connectivity index (χ1) is 15.6. The van der Waals surface area contributed by atoms with Gasteiger partial charge >= 0.3 is 0 Å². The van der Waals surface area contributed by atoms with Crippen molar-refractivity contribution in [1.82, 2.24) is 20.2 Å². The Balaban J connectivity index is 1.50. The van der Waals surface area contributed by atoms with E-state index in [4.69, 9.17) is 0 Å². The molecule has 1 unspecified atom stereocenters. The van der Waals surface area contributed by atoms with Crippen LogP contribution in [0.4, 0.5) is 0 Å². The van der Waals surface area contributed by atoms with Crippen molar-refractivity contribution in [3.63, 3.8) is 0 Å². The molecule has 2 amide bonds. The van der Waals surface area contributed by atoms with Crippen LogP contribution in [0.25, 0.3) is 21.8 Å². The first-order valence-corrected chi connectivity index (χ1v) is 11.6. The summed E-state index contributed by atoms with van der Waals surface area (Å²) in [4.78, 5) is 29.7. The highest BCUT2D eigenvalue weighted by atomic mass is 32.2. The molecule has 6 nitrogen and oxygen atoms in total. The van der Waals surface area contributed by atoms with Crippen LogP contribution in [0.3, 0.4) is 0 Å². The SMILES string of the molecule is CCn1c2ccccc2c2cc(SCC(NC(C)=O)C(=O)NCc3ccccn3)ccc21. The van der Waals surface area contributed by atoms with Gasteiger partial charge in [-0.15, -0.1) is 11.8 Å². The molecular formula is C25H26N4O2S. The van der Waals surface area contributed by atoms with Crippen LogP contribution in [0, 0.1) is 0 Å². The second-order valence-electron chi connectivity index (χ2n) is 7.54. The van der Waals surface area contributed by atoms with Gasteiger partial charge in [0.15, 0.2) is 0 Å². The molecule has 0 aliphatic carbocycles. The molecule has 2 heterocycles. The molecule has 4 aromatic rings. The summed E-state index contributed by atoms with van der Waals surface area (Å²) in [7, 11) is 0. The van der Waals surface area contributed by atoms with Gasteiger partial charge in [-0.05, 0) is 43.3 Å². The van der Waals surface area contributed by atoms with E-state index < -0.39 is 6.04 Å². The zero-order valence-electron chi connectivity index (χ0n) is 18.2. The average Bonchev–Trinajstić information content (AvgIpc) is 3.13. The van der Waals surface area contributed by atoms with Gasteiger partial charge in [0, 0.05) is 52.1 Å². The molecule has 7 heteroatoms. The smallest absolute Gasteiger partial charge is 0.243 e. The minimum Gasteiger partial charge on any atom is -0.349 e. The molecule has 0 saturated heterocycles. The van der Waals surface area contributed by atoms with E-state index in [0.29, 0.717) is 12.3 Å². The number of hydrogen-bond donors (Lipinski definition) is 2. The maximum absolute atomic E-state index is 12.7. The van der Waals surface area contributed by atoms with E-state index in [2.05, 4.69) is 69.6 Å². The fourth-order valence-electron chi connectivity index (χ4n) is 3.87. The quantitative estimate of drug-likeness (QED) is 0.399. The second-order valence-corrected chi connectivity index (χ2v) is 8.64. The summed E-state index contributed by atoms with van der Waals surface area (Å²) < 4.78 is 2.31. The Kier molecular flexibility index (Phi) is 6.75. The fraction of sp³-hybridized carbons (Fsp3) is 0.240. The Morgan fingerprint density at radius 2 is 1.81 bits per heavy atom. The monoisotopic (exact) mass is 446 g/mol. The molecule has 0 aliphatic heterocycles. The molecule has 0 aliphatic rings. The average molecular weight is 447 g/mol. The molecule has 0 bridgehead atoms. The minimum absolute atomic E-state index is 0.220.